The van der Waals surface area contributed by atoms with Crippen molar-refractivity contribution in [2.75, 3.05) is 11.9 Å². The van der Waals surface area contributed by atoms with Crippen LogP contribution in [0.4, 0.5) is 10.5 Å². The van der Waals surface area contributed by atoms with E-state index in [0.717, 1.165) is 0 Å². The molecule has 0 aromatic heterocycles. The van der Waals surface area contributed by atoms with E-state index in [2.05, 4.69) is 27.8 Å². The van der Waals surface area contributed by atoms with E-state index in [-0.39, 0.29) is 17.1 Å². The molecule has 0 aliphatic carbocycles. The number of hydrogen-bond donors (Lipinski definition) is 2. The third-order valence-corrected chi connectivity index (χ3v) is 3.51. The number of nitrogens with zero attached hydrogens (tertiary/aromatic N) is 1. The highest BCUT2D eigenvalue weighted by Gasteiger charge is 2.25. The number of rotatable bonds is 4. The standard InChI is InChI=1S/C15H19BrN2O3/c1-5-8-18(15(2,3)4)14(21)17-12-9-10(13(19)20)6-7-11(12)16/h5-7,9H,1,8H2,2-4H3,(H,17,21)(H,19,20). The number of aromatic carboxylic acids is 1. The summed E-state index contributed by atoms with van der Waals surface area (Å²) >= 11 is 3.30. The molecule has 114 valence electrons. The van der Waals surface area contributed by atoms with Crippen molar-refractivity contribution in [3.63, 3.8) is 0 Å². The monoisotopic (exact) mass is 354 g/mol. The number of hydrogen-bond acceptors (Lipinski definition) is 2. The maximum absolute atomic E-state index is 12.4. The fraction of sp³-hybridized carbons (Fsp3) is 0.333. The first kappa shape index (κ1) is 17.2. The smallest absolute Gasteiger partial charge is 0.335 e. The van der Waals surface area contributed by atoms with Gasteiger partial charge in [0.1, 0.15) is 0 Å². The molecule has 0 aliphatic heterocycles. The minimum Gasteiger partial charge on any atom is -0.478 e. The molecular weight excluding hydrogens is 336 g/mol. The third kappa shape index (κ3) is 4.60. The van der Waals surface area contributed by atoms with Crippen LogP contribution in [0.15, 0.2) is 35.3 Å². The zero-order chi connectivity index (χ0) is 16.2. The molecule has 0 saturated carbocycles. The Hall–Kier alpha value is -1.82. The number of carbonyl (C=O) groups is 2. The quantitative estimate of drug-likeness (QED) is 0.803. The number of carboxylic acid groups (broad SMARTS) is 1. The fourth-order valence-electron chi connectivity index (χ4n) is 1.73. The number of benzene rings is 1. The Morgan fingerprint density at radius 1 is 1.43 bits per heavy atom. The highest BCUT2D eigenvalue weighted by Crippen LogP contribution is 2.25. The SMILES string of the molecule is C=CCN(C(=O)Nc1cc(C(=O)O)ccc1Br)C(C)(C)C. The van der Waals surface area contributed by atoms with Gasteiger partial charge in [0.15, 0.2) is 0 Å². The summed E-state index contributed by atoms with van der Waals surface area (Å²) in [7, 11) is 0. The van der Waals surface area contributed by atoms with Gasteiger partial charge in [0.25, 0.3) is 0 Å². The zero-order valence-corrected chi connectivity index (χ0v) is 13.9. The average Bonchev–Trinajstić information content (AvgIpc) is 2.36. The van der Waals surface area contributed by atoms with Crippen molar-refractivity contribution >= 4 is 33.6 Å². The number of carbonyl (C=O) groups excluding carboxylic acids is 1. The summed E-state index contributed by atoms with van der Waals surface area (Å²) in [6.45, 7) is 9.79. The lowest BCUT2D eigenvalue weighted by molar-refractivity contribution is 0.0696. The molecule has 21 heavy (non-hydrogen) atoms. The van der Waals surface area contributed by atoms with E-state index in [9.17, 15) is 9.59 Å². The van der Waals surface area contributed by atoms with Crippen molar-refractivity contribution in [3.8, 4) is 0 Å². The van der Waals surface area contributed by atoms with E-state index >= 15 is 0 Å². The van der Waals surface area contributed by atoms with Gasteiger partial charge in [-0.25, -0.2) is 9.59 Å². The number of carboxylic acids is 1. The van der Waals surface area contributed by atoms with Crippen molar-refractivity contribution < 1.29 is 14.7 Å². The Labute approximate surface area is 132 Å². The minimum atomic E-state index is -1.04. The number of urea groups is 1. The third-order valence-electron chi connectivity index (χ3n) is 2.82. The lowest BCUT2D eigenvalue weighted by Gasteiger charge is -2.35. The van der Waals surface area contributed by atoms with Gasteiger partial charge >= 0.3 is 12.0 Å². The van der Waals surface area contributed by atoms with E-state index < -0.39 is 5.97 Å². The first-order chi connectivity index (χ1) is 9.66. The van der Waals surface area contributed by atoms with Crippen LogP contribution in [0.1, 0.15) is 31.1 Å². The largest absolute Gasteiger partial charge is 0.478 e. The molecule has 5 nitrogen and oxygen atoms in total. The van der Waals surface area contributed by atoms with Gasteiger partial charge in [0, 0.05) is 16.6 Å². The van der Waals surface area contributed by atoms with Crippen LogP contribution in [-0.2, 0) is 0 Å². The average molecular weight is 355 g/mol. The van der Waals surface area contributed by atoms with Crippen LogP contribution < -0.4 is 5.32 Å². The summed E-state index contributed by atoms with van der Waals surface area (Å²) in [5.41, 5.74) is 0.146. The van der Waals surface area contributed by atoms with Crippen LogP contribution in [0.3, 0.4) is 0 Å². The molecule has 0 heterocycles. The molecular formula is C15H19BrN2O3. The molecule has 2 amide bonds. The lowest BCUT2D eigenvalue weighted by atomic mass is 10.1. The molecule has 0 fully saturated rings. The van der Waals surface area contributed by atoms with Crippen LogP contribution in [0, 0.1) is 0 Å². The minimum absolute atomic E-state index is 0.111. The number of anilines is 1. The van der Waals surface area contributed by atoms with Crippen molar-refractivity contribution in [1.29, 1.82) is 0 Å². The molecule has 0 aliphatic rings. The Balaban J connectivity index is 3.03. The van der Waals surface area contributed by atoms with Crippen LogP contribution in [-0.4, -0.2) is 34.1 Å². The van der Waals surface area contributed by atoms with Gasteiger partial charge in [-0.1, -0.05) is 6.08 Å². The van der Waals surface area contributed by atoms with Crippen LogP contribution in [0.5, 0.6) is 0 Å². The Bertz CT molecular complexity index is 565. The topological polar surface area (TPSA) is 69.6 Å². The van der Waals surface area contributed by atoms with Gasteiger partial charge < -0.3 is 15.3 Å². The molecule has 2 N–H and O–H groups in total. The predicted molar refractivity (Wildman–Crippen MR) is 86.8 cm³/mol. The second kappa shape index (κ2) is 6.76. The van der Waals surface area contributed by atoms with Crippen molar-refractivity contribution in [2.45, 2.75) is 26.3 Å². The summed E-state index contributed by atoms with van der Waals surface area (Å²) in [4.78, 5) is 25.0. The Morgan fingerprint density at radius 2 is 2.05 bits per heavy atom. The van der Waals surface area contributed by atoms with Gasteiger partial charge in [-0.2, -0.15) is 0 Å². The van der Waals surface area contributed by atoms with Gasteiger partial charge in [0.05, 0.1) is 11.3 Å². The van der Waals surface area contributed by atoms with Gasteiger partial charge in [-0.15, -0.1) is 6.58 Å². The molecule has 0 saturated heterocycles. The normalized spacial score (nSPS) is 10.9. The molecule has 1 rings (SSSR count). The maximum Gasteiger partial charge on any atom is 0.335 e. The molecule has 0 bridgehead atoms. The molecule has 0 spiro atoms. The number of nitrogens with one attached hydrogen (secondary N) is 1. The van der Waals surface area contributed by atoms with Gasteiger partial charge in [-0.3, -0.25) is 0 Å². The van der Waals surface area contributed by atoms with E-state index in [1.807, 2.05) is 20.8 Å². The number of amides is 2. The van der Waals surface area contributed by atoms with E-state index in [0.29, 0.717) is 16.7 Å². The summed E-state index contributed by atoms with van der Waals surface area (Å²) in [5, 5.41) is 11.7. The van der Waals surface area contributed by atoms with E-state index in [1.165, 1.54) is 12.1 Å². The Kier molecular flexibility index (Phi) is 5.54. The van der Waals surface area contributed by atoms with E-state index in [4.69, 9.17) is 5.11 Å². The predicted octanol–water partition coefficient (Wildman–Crippen LogP) is 3.97. The van der Waals surface area contributed by atoms with Crippen molar-refractivity contribution in [2.24, 2.45) is 0 Å². The maximum atomic E-state index is 12.4. The lowest BCUT2D eigenvalue weighted by Crippen LogP contribution is -2.47. The molecule has 0 unspecified atom stereocenters. The molecule has 1 aromatic rings. The van der Waals surface area contributed by atoms with Crippen molar-refractivity contribution in [1.82, 2.24) is 4.90 Å². The summed E-state index contributed by atoms with van der Waals surface area (Å²) < 4.78 is 0.619. The molecule has 6 heteroatoms. The highest BCUT2D eigenvalue weighted by molar-refractivity contribution is 9.10. The molecule has 0 radical (unpaired) electrons. The van der Waals surface area contributed by atoms with Crippen LogP contribution in [0.2, 0.25) is 0 Å². The van der Waals surface area contributed by atoms with E-state index in [1.54, 1.807) is 17.0 Å². The molecule has 0 atom stereocenters. The second-order valence-corrected chi connectivity index (χ2v) is 6.35. The summed E-state index contributed by atoms with van der Waals surface area (Å²) in [5.74, 6) is -1.04. The number of halogens is 1. The summed E-state index contributed by atoms with van der Waals surface area (Å²) in [6.07, 6.45) is 1.65. The van der Waals surface area contributed by atoms with Crippen molar-refractivity contribution in [3.05, 3.63) is 40.9 Å². The van der Waals surface area contributed by atoms with Gasteiger partial charge in [0.2, 0.25) is 0 Å². The molecule has 1 aromatic carbocycles. The Morgan fingerprint density at radius 3 is 2.52 bits per heavy atom. The first-order valence-corrected chi connectivity index (χ1v) is 7.18. The highest BCUT2D eigenvalue weighted by atomic mass is 79.9. The van der Waals surface area contributed by atoms with Gasteiger partial charge in [-0.05, 0) is 54.9 Å². The summed E-state index contributed by atoms with van der Waals surface area (Å²) in [6, 6.07) is 4.16. The van der Waals surface area contributed by atoms with Crippen LogP contribution >= 0.6 is 15.9 Å². The zero-order valence-electron chi connectivity index (χ0n) is 12.3. The second-order valence-electron chi connectivity index (χ2n) is 5.50. The first-order valence-electron chi connectivity index (χ1n) is 6.39. The van der Waals surface area contributed by atoms with Crippen LogP contribution in [0.25, 0.3) is 0 Å². The fourth-order valence-corrected chi connectivity index (χ4v) is 2.07.